The molecule has 0 aliphatic heterocycles. The second kappa shape index (κ2) is 7.21. The largest absolute Gasteiger partial charge is 0.411 e. The smallest absolute Gasteiger partial charge is 0.371 e. The van der Waals surface area contributed by atoms with Crippen LogP contribution in [0.15, 0.2) is 0 Å². The summed E-state index contributed by atoms with van der Waals surface area (Å²) < 4.78 is 39.9. The molecular formula is C12H22F3NO. The van der Waals surface area contributed by atoms with Crippen LogP contribution in [0, 0.1) is 5.92 Å². The molecule has 0 heterocycles. The van der Waals surface area contributed by atoms with E-state index in [0.717, 1.165) is 18.8 Å². The minimum atomic E-state index is -4.21. The summed E-state index contributed by atoms with van der Waals surface area (Å²) in [6.07, 6.45) is 1.73. The molecule has 0 aromatic rings. The first kappa shape index (κ1) is 14.8. The maximum Gasteiger partial charge on any atom is 0.411 e. The van der Waals surface area contributed by atoms with E-state index in [9.17, 15) is 13.2 Å². The predicted octanol–water partition coefficient (Wildman–Crippen LogP) is 3.12. The molecule has 2 unspecified atom stereocenters. The summed E-state index contributed by atoms with van der Waals surface area (Å²) in [6, 6.07) is 0.453. The van der Waals surface area contributed by atoms with Gasteiger partial charge in [0.2, 0.25) is 0 Å². The summed E-state index contributed by atoms with van der Waals surface area (Å²) in [5.41, 5.74) is 0. The van der Waals surface area contributed by atoms with Crippen LogP contribution in [-0.4, -0.2) is 32.0 Å². The van der Waals surface area contributed by atoms with E-state index in [4.69, 9.17) is 0 Å². The van der Waals surface area contributed by atoms with Crippen LogP contribution >= 0.6 is 0 Å². The summed E-state index contributed by atoms with van der Waals surface area (Å²) >= 11 is 0. The van der Waals surface area contributed by atoms with Gasteiger partial charge in [0.05, 0.1) is 6.61 Å². The molecule has 1 aliphatic rings. The molecule has 0 bridgehead atoms. The minimum Gasteiger partial charge on any atom is -0.371 e. The van der Waals surface area contributed by atoms with Crippen molar-refractivity contribution in [3.63, 3.8) is 0 Å². The van der Waals surface area contributed by atoms with Crippen molar-refractivity contribution in [1.29, 1.82) is 0 Å². The normalized spacial score (nSPS) is 26.8. The molecule has 1 N–H and O–H groups in total. The van der Waals surface area contributed by atoms with Crippen molar-refractivity contribution in [2.45, 2.75) is 51.2 Å². The SMILES string of the molecule is CC1CCCC(NCCOCC(F)(F)F)CC1. The van der Waals surface area contributed by atoms with Crippen molar-refractivity contribution < 1.29 is 17.9 Å². The van der Waals surface area contributed by atoms with E-state index in [1.165, 1.54) is 19.3 Å². The van der Waals surface area contributed by atoms with E-state index >= 15 is 0 Å². The summed E-state index contributed by atoms with van der Waals surface area (Å²) in [7, 11) is 0. The molecule has 1 rings (SSSR count). The van der Waals surface area contributed by atoms with Crippen LogP contribution in [0.5, 0.6) is 0 Å². The Morgan fingerprint density at radius 3 is 2.65 bits per heavy atom. The van der Waals surface area contributed by atoms with Crippen LogP contribution in [0.1, 0.15) is 39.0 Å². The first-order valence-electron chi connectivity index (χ1n) is 6.35. The van der Waals surface area contributed by atoms with Crippen LogP contribution in [0.25, 0.3) is 0 Å². The van der Waals surface area contributed by atoms with Gasteiger partial charge in [0.15, 0.2) is 0 Å². The lowest BCUT2D eigenvalue weighted by Crippen LogP contribution is -2.32. The molecule has 0 amide bonds. The summed E-state index contributed by atoms with van der Waals surface area (Å²) in [6.45, 7) is 1.76. The first-order valence-corrected chi connectivity index (χ1v) is 6.35. The van der Waals surface area contributed by atoms with Gasteiger partial charge in [0.25, 0.3) is 0 Å². The molecule has 17 heavy (non-hydrogen) atoms. The van der Waals surface area contributed by atoms with Gasteiger partial charge in [0, 0.05) is 12.6 Å². The van der Waals surface area contributed by atoms with Crippen molar-refractivity contribution in [1.82, 2.24) is 5.32 Å². The van der Waals surface area contributed by atoms with Crippen LogP contribution in [0.3, 0.4) is 0 Å². The van der Waals surface area contributed by atoms with Gasteiger partial charge in [0.1, 0.15) is 6.61 Å². The molecule has 2 atom stereocenters. The van der Waals surface area contributed by atoms with E-state index in [1.807, 2.05) is 0 Å². The summed E-state index contributed by atoms with van der Waals surface area (Å²) in [5.74, 6) is 0.781. The zero-order valence-electron chi connectivity index (χ0n) is 10.4. The Morgan fingerprint density at radius 1 is 1.18 bits per heavy atom. The molecule has 0 spiro atoms. The topological polar surface area (TPSA) is 21.3 Å². The van der Waals surface area contributed by atoms with Crippen molar-refractivity contribution in [3.05, 3.63) is 0 Å². The lowest BCUT2D eigenvalue weighted by atomic mass is 10.0. The molecule has 0 aromatic heterocycles. The number of nitrogens with one attached hydrogen (secondary N) is 1. The highest BCUT2D eigenvalue weighted by Gasteiger charge is 2.27. The molecule has 0 aromatic carbocycles. The standard InChI is InChI=1S/C12H22F3NO/c1-10-3-2-4-11(6-5-10)16-7-8-17-9-12(13,14)15/h10-11,16H,2-9H2,1H3. The maximum atomic E-state index is 11.8. The van der Waals surface area contributed by atoms with Gasteiger partial charge in [-0.2, -0.15) is 13.2 Å². The number of ether oxygens (including phenoxy) is 1. The van der Waals surface area contributed by atoms with Gasteiger partial charge in [-0.1, -0.05) is 19.8 Å². The Balaban J connectivity index is 2.02. The van der Waals surface area contributed by atoms with Crippen molar-refractivity contribution in [2.75, 3.05) is 19.8 Å². The molecule has 102 valence electrons. The third kappa shape index (κ3) is 7.60. The third-order valence-electron chi connectivity index (χ3n) is 3.20. The zero-order chi connectivity index (χ0) is 12.7. The van der Waals surface area contributed by atoms with E-state index in [2.05, 4.69) is 17.0 Å². The number of hydrogen-bond donors (Lipinski definition) is 1. The number of alkyl halides is 3. The molecular weight excluding hydrogens is 231 g/mol. The van der Waals surface area contributed by atoms with Crippen molar-refractivity contribution in [3.8, 4) is 0 Å². The monoisotopic (exact) mass is 253 g/mol. The fourth-order valence-electron chi connectivity index (χ4n) is 2.21. The van der Waals surface area contributed by atoms with Gasteiger partial charge >= 0.3 is 6.18 Å². The van der Waals surface area contributed by atoms with Gasteiger partial charge < -0.3 is 10.1 Å². The molecule has 0 radical (unpaired) electrons. The second-order valence-corrected chi connectivity index (χ2v) is 4.93. The second-order valence-electron chi connectivity index (χ2n) is 4.93. The molecule has 1 aliphatic carbocycles. The molecule has 0 saturated heterocycles. The Labute approximate surface area is 101 Å². The van der Waals surface area contributed by atoms with Crippen LogP contribution in [0.4, 0.5) is 13.2 Å². The fraction of sp³-hybridized carbons (Fsp3) is 1.00. The van der Waals surface area contributed by atoms with E-state index in [-0.39, 0.29) is 6.61 Å². The van der Waals surface area contributed by atoms with Gasteiger partial charge in [-0.3, -0.25) is 0 Å². The summed E-state index contributed by atoms with van der Waals surface area (Å²) in [4.78, 5) is 0. The Kier molecular flexibility index (Phi) is 6.27. The number of halogens is 3. The fourth-order valence-corrected chi connectivity index (χ4v) is 2.21. The highest BCUT2D eigenvalue weighted by molar-refractivity contribution is 4.73. The van der Waals surface area contributed by atoms with Crippen molar-refractivity contribution in [2.24, 2.45) is 5.92 Å². The molecule has 5 heteroatoms. The zero-order valence-corrected chi connectivity index (χ0v) is 10.4. The first-order chi connectivity index (χ1) is 7.97. The van der Waals surface area contributed by atoms with Crippen LogP contribution in [0.2, 0.25) is 0 Å². The number of hydrogen-bond acceptors (Lipinski definition) is 2. The van der Waals surface area contributed by atoms with E-state index in [1.54, 1.807) is 0 Å². The summed E-state index contributed by atoms with van der Waals surface area (Å²) in [5, 5.41) is 3.28. The lowest BCUT2D eigenvalue weighted by Gasteiger charge is -2.16. The third-order valence-corrected chi connectivity index (χ3v) is 3.20. The average molecular weight is 253 g/mol. The van der Waals surface area contributed by atoms with Crippen LogP contribution < -0.4 is 5.32 Å². The molecule has 1 fully saturated rings. The Hall–Kier alpha value is -0.290. The molecule has 2 nitrogen and oxygen atoms in total. The molecule has 1 saturated carbocycles. The lowest BCUT2D eigenvalue weighted by molar-refractivity contribution is -0.173. The van der Waals surface area contributed by atoms with Gasteiger partial charge in [-0.05, 0) is 25.2 Å². The minimum absolute atomic E-state index is 0.131. The quantitative estimate of drug-likeness (QED) is 0.600. The van der Waals surface area contributed by atoms with Crippen molar-refractivity contribution >= 4 is 0 Å². The highest BCUT2D eigenvalue weighted by Crippen LogP contribution is 2.22. The van der Waals surface area contributed by atoms with E-state index in [0.29, 0.717) is 12.6 Å². The Morgan fingerprint density at radius 2 is 1.94 bits per heavy atom. The Bertz CT molecular complexity index is 208. The van der Waals surface area contributed by atoms with Gasteiger partial charge in [-0.15, -0.1) is 0 Å². The maximum absolute atomic E-state index is 11.8. The predicted molar refractivity (Wildman–Crippen MR) is 60.9 cm³/mol. The average Bonchev–Trinajstić information content (AvgIpc) is 2.41. The highest BCUT2D eigenvalue weighted by atomic mass is 19.4. The van der Waals surface area contributed by atoms with Gasteiger partial charge in [-0.25, -0.2) is 0 Å². The van der Waals surface area contributed by atoms with Crippen LogP contribution in [-0.2, 0) is 4.74 Å². The van der Waals surface area contributed by atoms with E-state index < -0.39 is 12.8 Å². The number of rotatable bonds is 5.